The summed E-state index contributed by atoms with van der Waals surface area (Å²) in [5.41, 5.74) is 5.14. The maximum Gasteiger partial charge on any atom is 0.262 e. The van der Waals surface area contributed by atoms with Crippen LogP contribution in [0.1, 0.15) is 36.5 Å². The highest BCUT2D eigenvalue weighted by Crippen LogP contribution is 2.25. The van der Waals surface area contributed by atoms with Crippen LogP contribution in [0, 0.1) is 5.92 Å². The molecule has 0 aliphatic rings. The lowest BCUT2D eigenvalue weighted by Gasteiger charge is -2.24. The van der Waals surface area contributed by atoms with Crippen molar-refractivity contribution in [2.45, 2.75) is 25.8 Å². The van der Waals surface area contributed by atoms with E-state index in [0.29, 0.717) is 0 Å². The highest BCUT2D eigenvalue weighted by atomic mass is 79.9. The number of carbonyl (C=O) groups is 2. The number of hydrogen-bond acceptors (Lipinski definition) is 3. The van der Waals surface area contributed by atoms with E-state index in [-0.39, 0.29) is 17.7 Å². The Morgan fingerprint density at radius 1 is 0.844 bits per heavy atom. The fraction of sp³-hybridized carbons (Fsp3) is 0.192. The molecular weight excluding hydrogens is 466 g/mol. The van der Waals surface area contributed by atoms with Gasteiger partial charge in [-0.3, -0.25) is 9.59 Å². The number of hydrogen-bond donors (Lipinski definition) is 2. The van der Waals surface area contributed by atoms with Gasteiger partial charge in [0.05, 0.1) is 12.1 Å². The molecule has 0 aliphatic carbocycles. The predicted octanol–water partition coefficient (Wildman–Crippen LogP) is 4.87. The maximum absolute atomic E-state index is 13.4. The second-order valence-electron chi connectivity index (χ2n) is 7.77. The molecule has 2 N–H and O–H groups in total. The highest BCUT2D eigenvalue weighted by Gasteiger charge is 2.29. The van der Waals surface area contributed by atoms with Gasteiger partial charge in [0.1, 0.15) is 6.04 Å². The molecule has 0 fully saturated rings. The lowest BCUT2D eigenvalue weighted by Crippen LogP contribution is -2.50. The third-order valence-electron chi connectivity index (χ3n) is 5.01. The summed E-state index contributed by atoms with van der Waals surface area (Å²) in [5.74, 6) is -1.23. The Hall–Kier alpha value is -3.25. The van der Waals surface area contributed by atoms with E-state index in [0.717, 1.165) is 21.2 Å². The lowest BCUT2D eigenvalue weighted by atomic mass is 9.89. The Labute approximate surface area is 197 Å². The molecule has 3 aromatic carbocycles. The lowest BCUT2D eigenvalue weighted by molar-refractivity contribution is -0.130. The molecule has 32 heavy (non-hydrogen) atoms. The zero-order valence-corrected chi connectivity index (χ0v) is 19.6. The number of benzene rings is 3. The number of carbonyl (C=O) groups excluding carboxylic acids is 2. The molecule has 3 aromatic rings. The molecule has 2 amide bonds. The van der Waals surface area contributed by atoms with Gasteiger partial charge in [0.2, 0.25) is 5.91 Å². The first-order valence-corrected chi connectivity index (χ1v) is 11.2. The molecule has 0 saturated carbocycles. The number of halogens is 1. The molecule has 0 spiro atoms. The summed E-state index contributed by atoms with van der Waals surface area (Å²) in [6.45, 7) is 3.78. The summed E-state index contributed by atoms with van der Waals surface area (Å²) in [5, 5.41) is 7.00. The van der Waals surface area contributed by atoms with Crippen molar-refractivity contribution in [2.24, 2.45) is 11.0 Å². The molecule has 0 saturated heterocycles. The van der Waals surface area contributed by atoms with Gasteiger partial charge in [-0.25, -0.2) is 5.43 Å². The molecule has 0 heterocycles. The van der Waals surface area contributed by atoms with Crippen LogP contribution in [0.25, 0.3) is 0 Å². The largest absolute Gasteiger partial charge is 0.343 e. The molecule has 164 valence electrons. The monoisotopic (exact) mass is 491 g/mol. The number of nitrogens with zero attached hydrogens (tertiary/aromatic N) is 1. The van der Waals surface area contributed by atoms with Gasteiger partial charge in [-0.15, -0.1) is 0 Å². The average molecular weight is 492 g/mol. The van der Waals surface area contributed by atoms with Crippen molar-refractivity contribution in [2.75, 3.05) is 0 Å². The van der Waals surface area contributed by atoms with Crippen LogP contribution in [0.2, 0.25) is 0 Å². The number of rotatable bonds is 8. The Morgan fingerprint density at radius 3 is 1.97 bits per heavy atom. The molecule has 0 bridgehead atoms. The predicted molar refractivity (Wildman–Crippen MR) is 131 cm³/mol. The smallest absolute Gasteiger partial charge is 0.262 e. The minimum absolute atomic E-state index is 0.118. The standard InChI is InChI=1S/C26H26BrN3O2/c1-18(2)24(26(32)30-28-17-19-10-9-15-22(27)16-19)29-25(31)23(20-11-5-3-6-12-20)21-13-7-4-8-14-21/h3-18,23-24H,1-2H3,(H,29,31)(H,30,32)/b28-17+. The van der Waals surface area contributed by atoms with Crippen molar-refractivity contribution in [3.05, 3.63) is 106 Å². The van der Waals surface area contributed by atoms with Crippen molar-refractivity contribution < 1.29 is 9.59 Å². The number of nitrogens with one attached hydrogen (secondary N) is 2. The molecule has 1 unspecified atom stereocenters. The molecular formula is C26H26BrN3O2. The molecule has 1 atom stereocenters. The first-order chi connectivity index (χ1) is 15.5. The number of amides is 2. The molecule has 0 aliphatic heterocycles. The summed E-state index contributed by atoms with van der Waals surface area (Å²) >= 11 is 3.41. The van der Waals surface area contributed by atoms with Gasteiger partial charge in [0, 0.05) is 4.47 Å². The van der Waals surface area contributed by atoms with Crippen LogP contribution in [0.4, 0.5) is 0 Å². The number of hydrazone groups is 1. The van der Waals surface area contributed by atoms with E-state index in [1.165, 1.54) is 0 Å². The Bertz CT molecular complexity index is 1030. The van der Waals surface area contributed by atoms with Gasteiger partial charge >= 0.3 is 0 Å². The Balaban J connectivity index is 1.75. The topological polar surface area (TPSA) is 70.6 Å². The van der Waals surface area contributed by atoms with E-state index >= 15 is 0 Å². The van der Waals surface area contributed by atoms with E-state index in [9.17, 15) is 9.59 Å². The van der Waals surface area contributed by atoms with E-state index in [1.54, 1.807) is 6.21 Å². The summed E-state index contributed by atoms with van der Waals surface area (Å²) < 4.78 is 0.924. The van der Waals surface area contributed by atoms with Crippen LogP contribution < -0.4 is 10.7 Å². The van der Waals surface area contributed by atoms with Crippen molar-refractivity contribution in [1.82, 2.24) is 10.7 Å². The summed E-state index contributed by atoms with van der Waals surface area (Å²) in [7, 11) is 0. The van der Waals surface area contributed by atoms with Crippen LogP contribution in [0.3, 0.4) is 0 Å². The van der Waals surface area contributed by atoms with E-state index in [2.05, 4.69) is 31.8 Å². The van der Waals surface area contributed by atoms with Crippen LogP contribution in [-0.4, -0.2) is 24.1 Å². The van der Waals surface area contributed by atoms with Crippen LogP contribution >= 0.6 is 15.9 Å². The quantitative estimate of drug-likeness (QED) is 0.348. The van der Waals surface area contributed by atoms with E-state index in [4.69, 9.17) is 0 Å². The van der Waals surface area contributed by atoms with Crippen LogP contribution in [0.5, 0.6) is 0 Å². The van der Waals surface area contributed by atoms with Gasteiger partial charge in [-0.1, -0.05) is 103 Å². The zero-order valence-electron chi connectivity index (χ0n) is 18.0. The zero-order chi connectivity index (χ0) is 22.9. The summed E-state index contributed by atoms with van der Waals surface area (Å²) in [4.78, 5) is 26.2. The summed E-state index contributed by atoms with van der Waals surface area (Å²) in [6.07, 6.45) is 1.57. The molecule has 0 radical (unpaired) electrons. The SMILES string of the molecule is CC(C)C(NC(=O)C(c1ccccc1)c1ccccc1)C(=O)N/N=C/c1cccc(Br)c1. The third kappa shape index (κ3) is 6.37. The average Bonchev–Trinajstić information content (AvgIpc) is 2.79. The second kappa shape index (κ2) is 11.4. The van der Waals surface area contributed by atoms with Gasteiger partial charge in [0.25, 0.3) is 5.91 Å². The van der Waals surface area contributed by atoms with Crippen LogP contribution in [-0.2, 0) is 9.59 Å². The van der Waals surface area contributed by atoms with Gasteiger partial charge in [-0.05, 0) is 34.7 Å². The van der Waals surface area contributed by atoms with Gasteiger partial charge < -0.3 is 5.32 Å². The van der Waals surface area contributed by atoms with E-state index in [1.807, 2.05) is 98.8 Å². The van der Waals surface area contributed by atoms with E-state index < -0.39 is 12.0 Å². The van der Waals surface area contributed by atoms with Gasteiger partial charge in [-0.2, -0.15) is 5.10 Å². The normalized spacial score (nSPS) is 12.2. The minimum atomic E-state index is -0.725. The minimum Gasteiger partial charge on any atom is -0.343 e. The van der Waals surface area contributed by atoms with Crippen molar-refractivity contribution in [1.29, 1.82) is 0 Å². The maximum atomic E-state index is 13.4. The molecule has 6 heteroatoms. The Kier molecular flexibility index (Phi) is 8.34. The second-order valence-corrected chi connectivity index (χ2v) is 8.69. The molecule has 0 aromatic heterocycles. The van der Waals surface area contributed by atoms with Crippen LogP contribution in [0.15, 0.2) is 94.5 Å². The third-order valence-corrected chi connectivity index (χ3v) is 5.51. The van der Waals surface area contributed by atoms with Gasteiger partial charge in [0.15, 0.2) is 0 Å². The molecule has 3 rings (SSSR count). The highest BCUT2D eigenvalue weighted by molar-refractivity contribution is 9.10. The van der Waals surface area contributed by atoms with Crippen molar-refractivity contribution in [3.63, 3.8) is 0 Å². The van der Waals surface area contributed by atoms with Crippen molar-refractivity contribution in [3.8, 4) is 0 Å². The Morgan fingerprint density at radius 2 is 1.44 bits per heavy atom. The first-order valence-electron chi connectivity index (χ1n) is 10.4. The van der Waals surface area contributed by atoms with Crippen molar-refractivity contribution >= 4 is 34.0 Å². The fourth-order valence-corrected chi connectivity index (χ4v) is 3.80. The summed E-state index contributed by atoms with van der Waals surface area (Å²) in [6, 6.07) is 26.0. The fourth-order valence-electron chi connectivity index (χ4n) is 3.38. The first kappa shape index (κ1) is 23.4. The molecule has 5 nitrogen and oxygen atoms in total.